The van der Waals surface area contributed by atoms with E-state index in [4.69, 9.17) is 32.9 Å². The number of hydrogen-bond donors (Lipinski definition) is 4. The van der Waals surface area contributed by atoms with Crippen molar-refractivity contribution in [3.63, 3.8) is 0 Å². The molecule has 4 N–H and O–H groups in total. The van der Waals surface area contributed by atoms with Gasteiger partial charge in [-0.3, -0.25) is 14.0 Å². The monoisotopic (exact) mass is 686 g/mol. The number of benzene rings is 2. The van der Waals surface area contributed by atoms with Crippen LogP contribution in [0.25, 0.3) is 39.2 Å². The van der Waals surface area contributed by atoms with Crippen molar-refractivity contribution in [3.05, 3.63) is 105 Å². The van der Waals surface area contributed by atoms with Crippen molar-refractivity contribution in [1.29, 1.82) is 0 Å². The third-order valence-corrected chi connectivity index (χ3v) is 9.07. The summed E-state index contributed by atoms with van der Waals surface area (Å²) in [6.07, 6.45) is 2.63. The van der Waals surface area contributed by atoms with Gasteiger partial charge in [0.25, 0.3) is 5.56 Å². The van der Waals surface area contributed by atoms with E-state index in [9.17, 15) is 14.7 Å². The number of methoxy groups -OCH3 is 1. The predicted molar refractivity (Wildman–Crippen MR) is 188 cm³/mol. The molecule has 248 valence electrons. The van der Waals surface area contributed by atoms with Gasteiger partial charge < -0.3 is 25.8 Å². The molecule has 6 rings (SSSR count). The third kappa shape index (κ3) is 7.38. The van der Waals surface area contributed by atoms with Crippen LogP contribution in [0.1, 0.15) is 31.0 Å². The van der Waals surface area contributed by atoms with Crippen LogP contribution in [0.4, 0.5) is 0 Å². The van der Waals surface area contributed by atoms with Crippen LogP contribution in [0, 0.1) is 0 Å². The second kappa shape index (κ2) is 14.8. The molecule has 2 atom stereocenters. The lowest BCUT2D eigenvalue weighted by atomic mass is 9.97. The van der Waals surface area contributed by atoms with Crippen LogP contribution >= 0.6 is 23.2 Å². The van der Waals surface area contributed by atoms with E-state index in [1.54, 1.807) is 26.3 Å². The zero-order chi connectivity index (χ0) is 33.8. The average molecular weight is 688 g/mol. The Morgan fingerprint density at radius 3 is 2.40 bits per heavy atom. The minimum absolute atomic E-state index is 0.0917. The fourth-order valence-corrected chi connectivity index (χ4v) is 6.52. The Hall–Kier alpha value is -4.32. The predicted octanol–water partition coefficient (Wildman–Crippen LogP) is 5.24. The van der Waals surface area contributed by atoms with Crippen molar-refractivity contribution < 1.29 is 14.6 Å². The number of aromatic nitrogens is 3. The lowest BCUT2D eigenvalue weighted by Crippen LogP contribution is -2.35. The minimum Gasteiger partial charge on any atom is -0.481 e. The Morgan fingerprint density at radius 1 is 0.958 bits per heavy atom. The summed E-state index contributed by atoms with van der Waals surface area (Å²) in [5.41, 5.74) is 6.11. The number of fused-ring (bicyclic) bond motifs is 1. The zero-order valence-corrected chi connectivity index (χ0v) is 28.1. The fourth-order valence-electron chi connectivity index (χ4n) is 5.85. The van der Waals surface area contributed by atoms with Gasteiger partial charge >= 0.3 is 0 Å². The first-order chi connectivity index (χ1) is 23.2. The normalized spacial score (nSPS) is 15.1. The second-order valence-electron chi connectivity index (χ2n) is 11.8. The largest absolute Gasteiger partial charge is 0.481 e. The molecule has 1 saturated heterocycles. The molecule has 10 nitrogen and oxygen atoms in total. The van der Waals surface area contributed by atoms with E-state index in [-0.39, 0.29) is 17.5 Å². The number of rotatable bonds is 12. The van der Waals surface area contributed by atoms with Crippen molar-refractivity contribution >= 4 is 34.8 Å². The summed E-state index contributed by atoms with van der Waals surface area (Å²) in [6.45, 7) is 3.68. The smallest absolute Gasteiger partial charge is 0.258 e. The van der Waals surface area contributed by atoms with E-state index in [2.05, 4.69) is 20.9 Å². The SMILES string of the molecule is COc1nc(-c2cccc(-c3cccc(-c4ccc5nc(CNC[C@H](C)O)cc(=O)n5c4)c3Cl)c2Cl)ccc1CNC[C@H]1CCC(=O)N1. The zero-order valence-electron chi connectivity index (χ0n) is 26.6. The highest BCUT2D eigenvalue weighted by Gasteiger charge is 2.21. The molecule has 1 aliphatic rings. The average Bonchev–Trinajstić information content (AvgIpc) is 3.49. The number of nitrogens with zero attached hydrogens (tertiary/aromatic N) is 3. The second-order valence-corrected chi connectivity index (χ2v) is 12.6. The molecule has 12 heteroatoms. The summed E-state index contributed by atoms with van der Waals surface area (Å²) in [7, 11) is 1.59. The van der Waals surface area contributed by atoms with Crippen LogP contribution in [0.5, 0.6) is 5.88 Å². The van der Waals surface area contributed by atoms with Crippen molar-refractivity contribution in [2.75, 3.05) is 20.2 Å². The molecule has 4 heterocycles. The molecule has 0 bridgehead atoms. The van der Waals surface area contributed by atoms with Crippen LogP contribution in [0.3, 0.4) is 0 Å². The van der Waals surface area contributed by atoms with Crippen molar-refractivity contribution in [2.24, 2.45) is 0 Å². The number of carbonyl (C=O) groups is 1. The molecule has 1 amide bonds. The summed E-state index contributed by atoms with van der Waals surface area (Å²) in [5.74, 6) is 0.579. The van der Waals surface area contributed by atoms with E-state index < -0.39 is 6.10 Å². The quantitative estimate of drug-likeness (QED) is 0.140. The molecule has 5 aromatic rings. The first-order valence-corrected chi connectivity index (χ1v) is 16.5. The van der Waals surface area contributed by atoms with Crippen LogP contribution in [-0.4, -0.2) is 57.7 Å². The van der Waals surface area contributed by atoms with E-state index in [0.717, 1.165) is 39.8 Å². The lowest BCUT2D eigenvalue weighted by molar-refractivity contribution is -0.119. The number of halogens is 2. The van der Waals surface area contributed by atoms with Crippen molar-refractivity contribution in [2.45, 2.75) is 45.0 Å². The molecule has 0 unspecified atom stereocenters. The van der Waals surface area contributed by atoms with Gasteiger partial charge in [-0.1, -0.05) is 65.7 Å². The molecular weight excluding hydrogens is 651 g/mol. The highest BCUT2D eigenvalue weighted by molar-refractivity contribution is 6.39. The van der Waals surface area contributed by atoms with Crippen LogP contribution in [-0.2, 0) is 17.9 Å². The topological polar surface area (TPSA) is 130 Å². The van der Waals surface area contributed by atoms with Gasteiger partial charge in [0.15, 0.2) is 0 Å². The molecule has 0 radical (unpaired) electrons. The van der Waals surface area contributed by atoms with Crippen LogP contribution in [0.2, 0.25) is 10.0 Å². The number of pyridine rings is 2. The Balaban J connectivity index is 1.26. The summed E-state index contributed by atoms with van der Waals surface area (Å²) in [6, 6.07) is 20.6. The Kier molecular flexibility index (Phi) is 10.4. The van der Waals surface area contributed by atoms with Gasteiger partial charge in [-0.15, -0.1) is 0 Å². The number of ether oxygens (including phenoxy) is 1. The van der Waals surface area contributed by atoms with Gasteiger partial charge in [-0.2, -0.15) is 0 Å². The van der Waals surface area contributed by atoms with Gasteiger partial charge in [0.2, 0.25) is 11.8 Å². The minimum atomic E-state index is -0.494. The van der Waals surface area contributed by atoms with E-state index in [1.807, 2.05) is 54.6 Å². The number of aliphatic hydroxyl groups excluding tert-OH is 1. The van der Waals surface area contributed by atoms with E-state index >= 15 is 0 Å². The number of hydrogen-bond acceptors (Lipinski definition) is 8. The molecule has 3 aromatic heterocycles. The van der Waals surface area contributed by atoms with Crippen molar-refractivity contribution in [1.82, 2.24) is 30.3 Å². The summed E-state index contributed by atoms with van der Waals surface area (Å²) < 4.78 is 7.13. The lowest BCUT2D eigenvalue weighted by Gasteiger charge is -2.16. The summed E-state index contributed by atoms with van der Waals surface area (Å²) in [4.78, 5) is 33.9. The van der Waals surface area contributed by atoms with Crippen LogP contribution < -0.4 is 26.2 Å². The number of amides is 1. The molecule has 0 aliphatic carbocycles. The highest BCUT2D eigenvalue weighted by Crippen LogP contribution is 2.42. The van der Waals surface area contributed by atoms with E-state index in [1.165, 1.54) is 10.5 Å². The number of aliphatic hydroxyl groups is 1. The first kappa shape index (κ1) is 33.6. The van der Waals surface area contributed by atoms with Gasteiger partial charge in [-0.25, -0.2) is 9.97 Å². The molecular formula is C36H36Cl2N6O4. The molecule has 48 heavy (non-hydrogen) atoms. The maximum Gasteiger partial charge on any atom is 0.258 e. The maximum absolute atomic E-state index is 13.0. The van der Waals surface area contributed by atoms with Crippen LogP contribution in [0.15, 0.2) is 77.7 Å². The standard InChI is InChI=1S/C36H36Cl2N6O4/c1-21(45)16-39-19-25-15-33(47)44-20-23(10-13-31(44)41-25)26-5-3-6-27(34(26)37)28-7-4-8-29(35(28)38)30-12-9-22(36(43-30)48-2)17-40-18-24-11-14-32(46)42-24/h3-10,12-13,15,20-21,24,39-40,45H,11,14,16-19H2,1-2H3,(H,42,46)/t21-,24+/m0/s1. The Morgan fingerprint density at radius 2 is 1.69 bits per heavy atom. The van der Waals surface area contributed by atoms with Crippen molar-refractivity contribution in [3.8, 4) is 39.4 Å². The summed E-state index contributed by atoms with van der Waals surface area (Å²) in [5, 5.41) is 19.9. The van der Waals surface area contributed by atoms with Gasteiger partial charge in [0.1, 0.15) is 5.65 Å². The molecule has 0 spiro atoms. The maximum atomic E-state index is 13.0. The third-order valence-electron chi connectivity index (χ3n) is 8.26. The molecule has 1 aliphatic heterocycles. The molecule has 1 fully saturated rings. The molecule has 2 aromatic carbocycles. The number of nitrogens with one attached hydrogen (secondary N) is 3. The number of carbonyl (C=O) groups excluding carboxylic acids is 1. The Labute approximate surface area is 288 Å². The molecule has 0 saturated carbocycles. The highest BCUT2D eigenvalue weighted by atomic mass is 35.5. The van der Waals surface area contributed by atoms with Gasteiger partial charge in [0.05, 0.1) is 34.6 Å². The first-order valence-electron chi connectivity index (χ1n) is 15.7. The van der Waals surface area contributed by atoms with E-state index in [0.29, 0.717) is 65.6 Å². The fraction of sp³-hybridized carbons (Fsp3) is 0.278. The van der Waals surface area contributed by atoms with Gasteiger partial charge in [-0.05, 0) is 31.5 Å². The summed E-state index contributed by atoms with van der Waals surface area (Å²) >= 11 is 14.1. The Bertz CT molecular complexity index is 2030. The van der Waals surface area contributed by atoms with Gasteiger partial charge in [0, 0.05) is 84.3 Å².